The summed E-state index contributed by atoms with van der Waals surface area (Å²) < 4.78 is 15.8. The first-order chi connectivity index (χ1) is 16.8. The third-order valence-corrected chi connectivity index (χ3v) is 5.23. The Hall–Kier alpha value is -4.37. The number of methoxy groups -OCH3 is 2. The van der Waals surface area contributed by atoms with Crippen molar-refractivity contribution in [1.82, 2.24) is 5.43 Å². The number of hydrogen-bond donors (Lipinski definition) is 2. The number of carbonyl (C=O) groups is 3. The number of benzene rings is 3. The van der Waals surface area contributed by atoms with Gasteiger partial charge in [0.1, 0.15) is 5.75 Å². The number of rotatable bonds is 7. The summed E-state index contributed by atoms with van der Waals surface area (Å²) in [5.74, 6) is -1.34. The maximum Gasteiger partial charge on any atom is 0.343 e. The molecule has 35 heavy (non-hydrogen) atoms. The van der Waals surface area contributed by atoms with Crippen LogP contribution in [0.25, 0.3) is 0 Å². The van der Waals surface area contributed by atoms with Crippen LogP contribution in [-0.2, 0) is 9.59 Å². The highest BCUT2D eigenvalue weighted by molar-refractivity contribution is 6.40. The van der Waals surface area contributed by atoms with Crippen LogP contribution >= 0.6 is 11.6 Å². The zero-order valence-electron chi connectivity index (χ0n) is 19.1. The second kappa shape index (κ2) is 11.7. The molecule has 2 N–H and O–H groups in total. The zero-order valence-corrected chi connectivity index (χ0v) is 19.9. The number of carbonyl (C=O) groups excluding carboxylic acids is 3. The maximum absolute atomic E-state index is 12.4. The van der Waals surface area contributed by atoms with E-state index in [1.54, 1.807) is 61.5 Å². The number of nitrogens with one attached hydrogen (secondary N) is 2. The van der Waals surface area contributed by atoms with Crippen molar-refractivity contribution < 1.29 is 28.6 Å². The molecule has 180 valence electrons. The summed E-state index contributed by atoms with van der Waals surface area (Å²) in [5.41, 5.74) is 4.08. The summed E-state index contributed by atoms with van der Waals surface area (Å²) in [7, 11) is 2.95. The molecule has 10 heteroatoms. The normalized spacial score (nSPS) is 10.5. The van der Waals surface area contributed by atoms with Crippen LogP contribution < -0.4 is 25.0 Å². The number of hydrazone groups is 1. The fourth-order valence-electron chi connectivity index (χ4n) is 2.87. The molecule has 3 rings (SSSR count). The smallest absolute Gasteiger partial charge is 0.343 e. The molecule has 0 spiro atoms. The minimum atomic E-state index is -0.961. The van der Waals surface area contributed by atoms with Gasteiger partial charge >= 0.3 is 17.8 Å². The van der Waals surface area contributed by atoms with Gasteiger partial charge in [-0.05, 0) is 72.6 Å². The lowest BCUT2D eigenvalue weighted by Gasteiger charge is -2.10. The standard InChI is InChI=1S/C25H22ClN3O6/c1-15-19(26)5-4-6-20(15)28-23(30)24(31)29-27-14-16-7-12-21(22(13-16)34-3)35-25(32)17-8-10-18(33-2)11-9-17/h4-14H,1-3H3,(H,28,30)(H,29,31)/b27-14+. The Balaban J connectivity index is 1.61. The van der Waals surface area contributed by atoms with Gasteiger partial charge in [0.05, 0.1) is 26.0 Å². The van der Waals surface area contributed by atoms with E-state index in [4.69, 9.17) is 25.8 Å². The fraction of sp³-hybridized carbons (Fsp3) is 0.120. The van der Waals surface area contributed by atoms with Crippen LogP contribution in [0.5, 0.6) is 17.2 Å². The fourth-order valence-corrected chi connectivity index (χ4v) is 3.05. The average Bonchev–Trinajstić information content (AvgIpc) is 2.87. The van der Waals surface area contributed by atoms with E-state index in [0.29, 0.717) is 33.1 Å². The molecule has 3 aromatic rings. The van der Waals surface area contributed by atoms with Crippen molar-refractivity contribution in [3.8, 4) is 17.2 Å². The molecule has 0 fully saturated rings. The van der Waals surface area contributed by atoms with Gasteiger partial charge in [-0.3, -0.25) is 9.59 Å². The van der Waals surface area contributed by atoms with Gasteiger partial charge in [0.15, 0.2) is 11.5 Å². The third-order valence-electron chi connectivity index (χ3n) is 4.82. The van der Waals surface area contributed by atoms with E-state index in [9.17, 15) is 14.4 Å². The Labute approximate surface area is 206 Å². The lowest BCUT2D eigenvalue weighted by atomic mass is 10.2. The number of amides is 2. The second-order valence-corrected chi connectivity index (χ2v) is 7.50. The predicted octanol–water partition coefficient (Wildman–Crippen LogP) is 3.97. The van der Waals surface area contributed by atoms with Crippen LogP contribution in [0, 0.1) is 6.92 Å². The Bertz CT molecular complexity index is 1270. The minimum Gasteiger partial charge on any atom is -0.497 e. The van der Waals surface area contributed by atoms with Crippen molar-refractivity contribution in [3.63, 3.8) is 0 Å². The first-order valence-corrected chi connectivity index (χ1v) is 10.6. The van der Waals surface area contributed by atoms with E-state index in [1.807, 2.05) is 0 Å². The zero-order chi connectivity index (χ0) is 25.4. The molecular weight excluding hydrogens is 474 g/mol. The van der Waals surface area contributed by atoms with Gasteiger partial charge in [-0.1, -0.05) is 17.7 Å². The van der Waals surface area contributed by atoms with Crippen molar-refractivity contribution in [2.45, 2.75) is 6.92 Å². The van der Waals surface area contributed by atoms with E-state index in [1.165, 1.54) is 26.5 Å². The molecule has 0 aromatic heterocycles. The summed E-state index contributed by atoms with van der Waals surface area (Å²) in [6, 6.07) is 16.1. The van der Waals surface area contributed by atoms with Gasteiger partial charge in [0.25, 0.3) is 0 Å². The highest BCUT2D eigenvalue weighted by Gasteiger charge is 2.15. The predicted molar refractivity (Wildman–Crippen MR) is 132 cm³/mol. The number of hydrogen-bond acceptors (Lipinski definition) is 7. The molecule has 0 saturated heterocycles. The summed E-state index contributed by atoms with van der Waals surface area (Å²) >= 11 is 6.02. The van der Waals surface area contributed by atoms with Crippen molar-refractivity contribution in [3.05, 3.63) is 82.4 Å². The van der Waals surface area contributed by atoms with Crippen LogP contribution in [0.3, 0.4) is 0 Å². The quantitative estimate of drug-likeness (QED) is 0.168. The van der Waals surface area contributed by atoms with Gasteiger partial charge in [0.2, 0.25) is 0 Å². The van der Waals surface area contributed by atoms with E-state index in [-0.39, 0.29) is 11.5 Å². The highest BCUT2D eigenvalue weighted by Crippen LogP contribution is 2.28. The van der Waals surface area contributed by atoms with Crippen molar-refractivity contribution >= 4 is 41.3 Å². The number of esters is 1. The van der Waals surface area contributed by atoms with Gasteiger partial charge < -0.3 is 19.5 Å². The van der Waals surface area contributed by atoms with Gasteiger partial charge in [0, 0.05) is 10.7 Å². The summed E-state index contributed by atoms with van der Waals surface area (Å²) in [5, 5.41) is 6.73. The lowest BCUT2D eigenvalue weighted by molar-refractivity contribution is -0.136. The average molecular weight is 496 g/mol. The lowest BCUT2D eigenvalue weighted by Crippen LogP contribution is -2.32. The van der Waals surface area contributed by atoms with Crippen molar-refractivity contribution in [2.24, 2.45) is 5.10 Å². The monoisotopic (exact) mass is 495 g/mol. The summed E-state index contributed by atoms with van der Waals surface area (Å²) in [6.07, 6.45) is 1.31. The summed E-state index contributed by atoms with van der Waals surface area (Å²) in [6.45, 7) is 1.72. The molecular formula is C25H22ClN3O6. The van der Waals surface area contributed by atoms with Gasteiger partial charge in [-0.15, -0.1) is 0 Å². The van der Waals surface area contributed by atoms with Gasteiger partial charge in [-0.25, -0.2) is 10.2 Å². The van der Waals surface area contributed by atoms with E-state index < -0.39 is 17.8 Å². The van der Waals surface area contributed by atoms with Crippen molar-refractivity contribution in [2.75, 3.05) is 19.5 Å². The van der Waals surface area contributed by atoms with E-state index >= 15 is 0 Å². The number of ether oxygens (including phenoxy) is 3. The number of halogens is 1. The molecule has 0 aliphatic rings. The maximum atomic E-state index is 12.4. The van der Waals surface area contributed by atoms with Crippen LogP contribution in [-0.4, -0.2) is 38.2 Å². The van der Waals surface area contributed by atoms with E-state index in [2.05, 4.69) is 15.8 Å². The molecule has 9 nitrogen and oxygen atoms in total. The van der Waals surface area contributed by atoms with Crippen LogP contribution in [0.2, 0.25) is 5.02 Å². The second-order valence-electron chi connectivity index (χ2n) is 7.09. The minimum absolute atomic E-state index is 0.200. The Morgan fingerprint density at radius 1 is 0.914 bits per heavy atom. The van der Waals surface area contributed by atoms with Crippen molar-refractivity contribution in [1.29, 1.82) is 0 Å². The van der Waals surface area contributed by atoms with Gasteiger partial charge in [-0.2, -0.15) is 5.10 Å². The molecule has 2 amide bonds. The number of nitrogens with zero attached hydrogens (tertiary/aromatic N) is 1. The summed E-state index contributed by atoms with van der Waals surface area (Å²) in [4.78, 5) is 36.6. The largest absolute Gasteiger partial charge is 0.497 e. The Morgan fingerprint density at radius 2 is 1.66 bits per heavy atom. The first kappa shape index (κ1) is 25.3. The van der Waals surface area contributed by atoms with Crippen LogP contribution in [0.1, 0.15) is 21.5 Å². The molecule has 0 atom stereocenters. The molecule has 0 aliphatic heterocycles. The third kappa shape index (κ3) is 6.58. The highest BCUT2D eigenvalue weighted by atomic mass is 35.5. The molecule has 0 radical (unpaired) electrons. The molecule has 0 bridgehead atoms. The molecule has 0 saturated carbocycles. The van der Waals surface area contributed by atoms with Crippen LogP contribution in [0.15, 0.2) is 65.8 Å². The first-order valence-electron chi connectivity index (χ1n) is 10.3. The Kier molecular flexibility index (Phi) is 8.42. The SMILES string of the molecule is COc1ccc(C(=O)Oc2ccc(/C=N/NC(=O)C(=O)Nc3cccc(Cl)c3C)cc2OC)cc1. The Morgan fingerprint density at radius 3 is 2.34 bits per heavy atom. The molecule has 0 aliphatic carbocycles. The number of anilines is 1. The topological polar surface area (TPSA) is 115 Å². The van der Waals surface area contributed by atoms with E-state index in [0.717, 1.165) is 0 Å². The molecule has 0 heterocycles. The molecule has 3 aromatic carbocycles. The van der Waals surface area contributed by atoms with Crippen LogP contribution in [0.4, 0.5) is 5.69 Å². The molecule has 0 unspecified atom stereocenters.